The number of carbonyl (C=O) groups excluding carboxylic acids is 1. The molecule has 15 heavy (non-hydrogen) atoms. The highest BCUT2D eigenvalue weighted by molar-refractivity contribution is 5.91. The predicted octanol–water partition coefficient (Wildman–Crippen LogP) is 0.546. The Labute approximate surface area is 88.2 Å². The SMILES string of the molecule is O=C(NCCC1CCCN1)c1ccon1. The highest BCUT2D eigenvalue weighted by Crippen LogP contribution is 2.07. The summed E-state index contributed by atoms with van der Waals surface area (Å²) in [5.41, 5.74) is 0.342. The molecule has 0 bridgehead atoms. The van der Waals surface area contributed by atoms with Gasteiger partial charge in [0, 0.05) is 18.7 Å². The molecule has 5 heteroatoms. The number of nitrogens with zero attached hydrogens (tertiary/aromatic N) is 1. The van der Waals surface area contributed by atoms with Crippen molar-refractivity contribution in [2.24, 2.45) is 0 Å². The standard InChI is InChI=1S/C10H15N3O2/c14-10(9-4-7-15-13-9)12-6-3-8-2-1-5-11-8/h4,7-8,11H,1-3,5-6H2,(H,12,14). The summed E-state index contributed by atoms with van der Waals surface area (Å²) in [6, 6.07) is 2.12. The lowest BCUT2D eigenvalue weighted by Crippen LogP contribution is -2.30. The summed E-state index contributed by atoms with van der Waals surface area (Å²) in [5.74, 6) is -0.165. The first-order valence-electron chi connectivity index (χ1n) is 5.28. The molecule has 1 fully saturated rings. The van der Waals surface area contributed by atoms with Crippen LogP contribution in [0.3, 0.4) is 0 Å². The van der Waals surface area contributed by atoms with E-state index in [1.165, 1.54) is 19.1 Å². The van der Waals surface area contributed by atoms with E-state index < -0.39 is 0 Å². The Morgan fingerprint density at radius 3 is 3.33 bits per heavy atom. The van der Waals surface area contributed by atoms with Crippen LogP contribution in [0.1, 0.15) is 29.8 Å². The van der Waals surface area contributed by atoms with Crippen LogP contribution in [-0.2, 0) is 0 Å². The van der Waals surface area contributed by atoms with Crippen LogP contribution in [0.25, 0.3) is 0 Å². The normalized spacial score (nSPS) is 20.4. The number of carbonyl (C=O) groups is 1. The first-order chi connectivity index (χ1) is 7.36. The smallest absolute Gasteiger partial charge is 0.273 e. The van der Waals surface area contributed by atoms with Crippen molar-refractivity contribution in [3.8, 4) is 0 Å². The van der Waals surface area contributed by atoms with E-state index in [0.717, 1.165) is 13.0 Å². The van der Waals surface area contributed by atoms with Gasteiger partial charge in [0.05, 0.1) is 0 Å². The molecule has 2 heterocycles. The number of aromatic nitrogens is 1. The zero-order valence-corrected chi connectivity index (χ0v) is 8.53. The monoisotopic (exact) mass is 209 g/mol. The molecule has 0 saturated carbocycles. The molecule has 0 spiro atoms. The van der Waals surface area contributed by atoms with Crippen molar-refractivity contribution in [2.45, 2.75) is 25.3 Å². The zero-order valence-electron chi connectivity index (χ0n) is 8.53. The maximum Gasteiger partial charge on any atom is 0.273 e. The number of amides is 1. The second kappa shape index (κ2) is 4.93. The van der Waals surface area contributed by atoms with Crippen LogP contribution in [0, 0.1) is 0 Å². The van der Waals surface area contributed by atoms with Crippen LogP contribution in [0.15, 0.2) is 16.9 Å². The molecular weight excluding hydrogens is 194 g/mol. The van der Waals surface area contributed by atoms with Crippen molar-refractivity contribution < 1.29 is 9.32 Å². The minimum atomic E-state index is -0.165. The van der Waals surface area contributed by atoms with E-state index in [1.54, 1.807) is 6.07 Å². The first-order valence-corrected chi connectivity index (χ1v) is 5.28. The summed E-state index contributed by atoms with van der Waals surface area (Å²) in [4.78, 5) is 11.4. The topological polar surface area (TPSA) is 67.2 Å². The van der Waals surface area contributed by atoms with Gasteiger partial charge in [0.1, 0.15) is 6.26 Å². The summed E-state index contributed by atoms with van der Waals surface area (Å²) >= 11 is 0. The summed E-state index contributed by atoms with van der Waals surface area (Å²) in [7, 11) is 0. The third-order valence-corrected chi connectivity index (χ3v) is 2.61. The van der Waals surface area contributed by atoms with Gasteiger partial charge in [-0.3, -0.25) is 4.79 Å². The van der Waals surface area contributed by atoms with Gasteiger partial charge in [-0.2, -0.15) is 0 Å². The minimum Gasteiger partial charge on any atom is -0.364 e. The van der Waals surface area contributed by atoms with Crippen molar-refractivity contribution in [3.05, 3.63) is 18.0 Å². The average molecular weight is 209 g/mol. The molecule has 1 amide bonds. The Morgan fingerprint density at radius 1 is 1.73 bits per heavy atom. The van der Waals surface area contributed by atoms with Gasteiger partial charge in [0.25, 0.3) is 5.91 Å². The van der Waals surface area contributed by atoms with E-state index in [9.17, 15) is 4.79 Å². The fraction of sp³-hybridized carbons (Fsp3) is 0.600. The van der Waals surface area contributed by atoms with E-state index in [2.05, 4.69) is 20.3 Å². The molecule has 1 aliphatic heterocycles. The molecule has 82 valence electrons. The number of rotatable bonds is 4. The van der Waals surface area contributed by atoms with Gasteiger partial charge >= 0.3 is 0 Å². The molecule has 1 aliphatic rings. The van der Waals surface area contributed by atoms with Crippen molar-refractivity contribution in [1.29, 1.82) is 0 Å². The third-order valence-electron chi connectivity index (χ3n) is 2.61. The molecule has 1 atom stereocenters. The van der Waals surface area contributed by atoms with Gasteiger partial charge < -0.3 is 15.2 Å². The Kier molecular flexibility index (Phi) is 3.34. The average Bonchev–Trinajstić information content (AvgIpc) is 2.90. The van der Waals surface area contributed by atoms with Crippen molar-refractivity contribution >= 4 is 5.91 Å². The molecule has 0 radical (unpaired) electrons. The van der Waals surface area contributed by atoms with Crippen LogP contribution in [0.5, 0.6) is 0 Å². The Hall–Kier alpha value is -1.36. The maximum absolute atomic E-state index is 11.4. The van der Waals surface area contributed by atoms with Crippen LogP contribution in [-0.4, -0.2) is 30.2 Å². The summed E-state index contributed by atoms with van der Waals surface area (Å²) in [6.45, 7) is 1.78. The maximum atomic E-state index is 11.4. The number of nitrogens with one attached hydrogen (secondary N) is 2. The van der Waals surface area contributed by atoms with E-state index in [4.69, 9.17) is 0 Å². The van der Waals surface area contributed by atoms with Gasteiger partial charge in [-0.25, -0.2) is 0 Å². The number of hydrogen-bond donors (Lipinski definition) is 2. The van der Waals surface area contributed by atoms with Crippen LogP contribution < -0.4 is 10.6 Å². The quantitative estimate of drug-likeness (QED) is 0.759. The van der Waals surface area contributed by atoms with Gasteiger partial charge in [-0.1, -0.05) is 5.16 Å². The molecule has 2 rings (SSSR count). The van der Waals surface area contributed by atoms with Gasteiger partial charge in [-0.05, 0) is 25.8 Å². The summed E-state index contributed by atoms with van der Waals surface area (Å²) in [5, 5.41) is 9.75. The fourth-order valence-electron chi connectivity index (χ4n) is 1.78. The Balaban J connectivity index is 1.67. The lowest BCUT2D eigenvalue weighted by molar-refractivity contribution is 0.0943. The molecule has 1 aromatic rings. The summed E-state index contributed by atoms with van der Waals surface area (Å²) < 4.78 is 4.59. The highest BCUT2D eigenvalue weighted by atomic mass is 16.5. The Bertz CT molecular complexity index is 304. The van der Waals surface area contributed by atoms with E-state index in [1.807, 2.05) is 0 Å². The molecule has 0 aromatic carbocycles. The molecule has 1 aromatic heterocycles. The molecule has 0 aliphatic carbocycles. The van der Waals surface area contributed by atoms with Crippen LogP contribution in [0.2, 0.25) is 0 Å². The lowest BCUT2D eigenvalue weighted by atomic mass is 10.1. The van der Waals surface area contributed by atoms with Crippen molar-refractivity contribution in [3.63, 3.8) is 0 Å². The lowest BCUT2D eigenvalue weighted by Gasteiger charge is -2.09. The van der Waals surface area contributed by atoms with E-state index in [0.29, 0.717) is 18.3 Å². The summed E-state index contributed by atoms with van der Waals surface area (Å²) in [6.07, 6.45) is 4.82. The van der Waals surface area contributed by atoms with Gasteiger partial charge in [-0.15, -0.1) is 0 Å². The minimum absolute atomic E-state index is 0.165. The number of hydrogen-bond acceptors (Lipinski definition) is 4. The zero-order chi connectivity index (χ0) is 10.5. The van der Waals surface area contributed by atoms with E-state index in [-0.39, 0.29) is 5.91 Å². The fourth-order valence-corrected chi connectivity index (χ4v) is 1.78. The highest BCUT2D eigenvalue weighted by Gasteiger charge is 2.14. The van der Waals surface area contributed by atoms with Crippen molar-refractivity contribution in [2.75, 3.05) is 13.1 Å². The van der Waals surface area contributed by atoms with Crippen LogP contribution in [0.4, 0.5) is 0 Å². The largest absolute Gasteiger partial charge is 0.364 e. The molecule has 2 N–H and O–H groups in total. The molecule has 1 unspecified atom stereocenters. The predicted molar refractivity (Wildman–Crippen MR) is 54.5 cm³/mol. The van der Waals surface area contributed by atoms with E-state index >= 15 is 0 Å². The second-order valence-corrected chi connectivity index (χ2v) is 3.72. The molecule has 1 saturated heterocycles. The first kappa shape index (κ1) is 10.2. The second-order valence-electron chi connectivity index (χ2n) is 3.72. The molecule has 5 nitrogen and oxygen atoms in total. The van der Waals surface area contributed by atoms with Gasteiger partial charge in [0.15, 0.2) is 5.69 Å². The van der Waals surface area contributed by atoms with Crippen LogP contribution >= 0.6 is 0 Å². The van der Waals surface area contributed by atoms with Gasteiger partial charge in [0.2, 0.25) is 0 Å². The molecular formula is C10H15N3O2. The Morgan fingerprint density at radius 2 is 2.67 bits per heavy atom. The van der Waals surface area contributed by atoms with Crippen molar-refractivity contribution in [1.82, 2.24) is 15.8 Å². The third kappa shape index (κ3) is 2.79.